The van der Waals surface area contributed by atoms with Gasteiger partial charge in [0.25, 0.3) is 0 Å². The fraction of sp³-hybridized carbons (Fsp3) is 0.533. The quantitative estimate of drug-likeness (QED) is 0.857. The average molecular weight is 263 g/mol. The van der Waals surface area contributed by atoms with Crippen LogP contribution in [-0.4, -0.2) is 33.7 Å². The molecule has 0 heterocycles. The Bertz CT molecular complexity index is 441. The topological polar surface area (TPSA) is 60.8 Å². The second kappa shape index (κ2) is 6.06. The Labute approximate surface area is 113 Å². The van der Waals surface area contributed by atoms with Crippen LogP contribution in [0.25, 0.3) is 0 Å². The van der Waals surface area contributed by atoms with E-state index in [1.807, 2.05) is 17.9 Å². The second-order valence-electron chi connectivity index (χ2n) is 5.28. The lowest BCUT2D eigenvalue weighted by molar-refractivity contribution is -0.139. The number of carboxylic acid groups (broad SMARTS) is 1. The molecule has 1 saturated carbocycles. The number of aliphatic carboxylic acids is 1. The molecule has 19 heavy (non-hydrogen) atoms. The van der Waals surface area contributed by atoms with Crippen molar-refractivity contribution in [3.63, 3.8) is 0 Å². The molecule has 2 rings (SSSR count). The highest BCUT2D eigenvalue weighted by atomic mass is 16.4. The third kappa shape index (κ3) is 3.47. The van der Waals surface area contributed by atoms with Crippen molar-refractivity contribution >= 4 is 5.97 Å². The summed E-state index contributed by atoms with van der Waals surface area (Å²) in [5, 5.41) is 18.7. The number of phenolic OH excluding ortho intramolecular Hbond substituents is 1. The van der Waals surface area contributed by atoms with E-state index in [9.17, 15) is 9.90 Å². The molecule has 4 heteroatoms. The Balaban J connectivity index is 2.18. The molecular formula is C15H21NO3. The summed E-state index contributed by atoms with van der Waals surface area (Å²) in [6, 6.07) is 7.44. The molecule has 104 valence electrons. The van der Waals surface area contributed by atoms with Gasteiger partial charge in [0.15, 0.2) is 0 Å². The first kappa shape index (κ1) is 13.9. The Morgan fingerprint density at radius 2 is 2.11 bits per heavy atom. The predicted octanol–water partition coefficient (Wildman–Crippen LogP) is 2.78. The molecule has 1 atom stereocenters. The van der Waals surface area contributed by atoms with E-state index >= 15 is 0 Å². The molecule has 4 nitrogen and oxygen atoms in total. The molecule has 0 bridgehead atoms. The fourth-order valence-electron chi connectivity index (χ4n) is 2.95. The molecule has 1 unspecified atom stereocenters. The first-order chi connectivity index (χ1) is 9.08. The summed E-state index contributed by atoms with van der Waals surface area (Å²) in [4.78, 5) is 13.1. The lowest BCUT2D eigenvalue weighted by Gasteiger charge is -2.33. The second-order valence-corrected chi connectivity index (χ2v) is 5.28. The molecule has 0 amide bonds. The van der Waals surface area contributed by atoms with Crippen LogP contribution >= 0.6 is 0 Å². The van der Waals surface area contributed by atoms with Gasteiger partial charge in [-0.3, -0.25) is 9.69 Å². The van der Waals surface area contributed by atoms with Gasteiger partial charge in [-0.05, 0) is 37.5 Å². The summed E-state index contributed by atoms with van der Waals surface area (Å²) < 4.78 is 0. The van der Waals surface area contributed by atoms with Crippen molar-refractivity contribution in [1.82, 2.24) is 4.90 Å². The van der Waals surface area contributed by atoms with Crippen molar-refractivity contribution in [2.75, 3.05) is 6.54 Å². The first-order valence-electron chi connectivity index (χ1n) is 6.84. The van der Waals surface area contributed by atoms with Gasteiger partial charge >= 0.3 is 5.97 Å². The van der Waals surface area contributed by atoms with E-state index in [0.29, 0.717) is 6.04 Å². The molecule has 1 aliphatic carbocycles. The number of hydrogen-bond donors (Lipinski definition) is 2. The molecule has 0 radical (unpaired) electrons. The largest absolute Gasteiger partial charge is 0.508 e. The average Bonchev–Trinajstić information content (AvgIpc) is 2.88. The van der Waals surface area contributed by atoms with Crippen LogP contribution in [0.2, 0.25) is 0 Å². The lowest BCUT2D eigenvalue weighted by Crippen LogP contribution is -2.39. The molecular weight excluding hydrogens is 242 g/mol. The minimum absolute atomic E-state index is 0.00583. The molecule has 0 saturated heterocycles. The number of aromatic hydroxyl groups is 1. The third-order valence-corrected chi connectivity index (χ3v) is 3.96. The van der Waals surface area contributed by atoms with Crippen LogP contribution in [0.4, 0.5) is 0 Å². The van der Waals surface area contributed by atoms with E-state index in [4.69, 9.17) is 5.11 Å². The molecule has 2 N–H and O–H groups in total. The van der Waals surface area contributed by atoms with Crippen LogP contribution in [0.5, 0.6) is 5.75 Å². The number of benzene rings is 1. The lowest BCUT2D eigenvalue weighted by atomic mass is 10.0. The van der Waals surface area contributed by atoms with Crippen LogP contribution < -0.4 is 0 Å². The highest BCUT2D eigenvalue weighted by Crippen LogP contribution is 2.31. The van der Waals surface area contributed by atoms with Gasteiger partial charge in [0, 0.05) is 12.1 Å². The monoisotopic (exact) mass is 263 g/mol. The van der Waals surface area contributed by atoms with E-state index in [-0.39, 0.29) is 18.3 Å². The van der Waals surface area contributed by atoms with Gasteiger partial charge in [-0.1, -0.05) is 25.0 Å². The van der Waals surface area contributed by atoms with Crippen molar-refractivity contribution in [3.05, 3.63) is 29.8 Å². The normalized spacial score (nSPS) is 17.8. The van der Waals surface area contributed by atoms with Crippen molar-refractivity contribution < 1.29 is 15.0 Å². The van der Waals surface area contributed by atoms with Gasteiger partial charge in [-0.15, -0.1) is 0 Å². The zero-order chi connectivity index (χ0) is 13.8. The standard InChI is InChI=1S/C15H21NO3/c1-11(12-5-4-8-14(17)9-12)16(10-15(18)19)13-6-2-3-7-13/h4-5,8-9,11,13,17H,2-3,6-7,10H2,1H3,(H,18,19). The zero-order valence-corrected chi connectivity index (χ0v) is 11.2. The van der Waals surface area contributed by atoms with Crippen LogP contribution in [0.3, 0.4) is 0 Å². The molecule has 0 aliphatic heterocycles. The number of hydrogen-bond acceptors (Lipinski definition) is 3. The van der Waals surface area contributed by atoms with Crippen molar-refractivity contribution in [3.8, 4) is 5.75 Å². The molecule has 1 aliphatic rings. The van der Waals surface area contributed by atoms with Crippen LogP contribution in [0.15, 0.2) is 24.3 Å². The Hall–Kier alpha value is -1.55. The maximum Gasteiger partial charge on any atom is 0.317 e. The smallest absolute Gasteiger partial charge is 0.317 e. The van der Waals surface area contributed by atoms with Crippen molar-refractivity contribution in [2.45, 2.75) is 44.7 Å². The number of phenols is 1. The summed E-state index contributed by atoms with van der Waals surface area (Å²) in [5.41, 5.74) is 0.966. The molecule has 1 aromatic carbocycles. The molecule has 1 aromatic rings. The zero-order valence-electron chi connectivity index (χ0n) is 11.2. The maximum atomic E-state index is 11.1. The van der Waals surface area contributed by atoms with Gasteiger partial charge in [0.1, 0.15) is 5.75 Å². The van der Waals surface area contributed by atoms with Gasteiger partial charge < -0.3 is 10.2 Å². The Morgan fingerprint density at radius 3 is 2.68 bits per heavy atom. The SMILES string of the molecule is CC(c1cccc(O)c1)N(CC(=O)O)C1CCCC1. The van der Waals surface area contributed by atoms with Crippen molar-refractivity contribution in [1.29, 1.82) is 0 Å². The van der Waals surface area contributed by atoms with E-state index in [1.165, 1.54) is 12.8 Å². The predicted molar refractivity (Wildman–Crippen MR) is 73.1 cm³/mol. The fourth-order valence-corrected chi connectivity index (χ4v) is 2.95. The molecule has 0 aromatic heterocycles. The first-order valence-corrected chi connectivity index (χ1v) is 6.84. The van der Waals surface area contributed by atoms with Gasteiger partial charge in [0.2, 0.25) is 0 Å². The van der Waals surface area contributed by atoms with Gasteiger partial charge in [0.05, 0.1) is 6.54 Å². The van der Waals surface area contributed by atoms with E-state index in [1.54, 1.807) is 18.2 Å². The molecule has 1 fully saturated rings. The van der Waals surface area contributed by atoms with E-state index in [2.05, 4.69) is 0 Å². The third-order valence-electron chi connectivity index (χ3n) is 3.96. The summed E-state index contributed by atoms with van der Waals surface area (Å²) in [6.07, 6.45) is 4.48. The number of carbonyl (C=O) groups is 1. The van der Waals surface area contributed by atoms with E-state index in [0.717, 1.165) is 18.4 Å². The summed E-state index contributed by atoms with van der Waals surface area (Å²) in [7, 11) is 0. The van der Waals surface area contributed by atoms with Crippen molar-refractivity contribution in [2.24, 2.45) is 0 Å². The summed E-state index contributed by atoms with van der Waals surface area (Å²) in [5.74, 6) is -0.565. The molecule has 0 spiro atoms. The Morgan fingerprint density at radius 1 is 1.42 bits per heavy atom. The van der Waals surface area contributed by atoms with Crippen LogP contribution in [0, 0.1) is 0 Å². The minimum Gasteiger partial charge on any atom is -0.508 e. The van der Waals surface area contributed by atoms with Gasteiger partial charge in [-0.2, -0.15) is 0 Å². The highest BCUT2D eigenvalue weighted by Gasteiger charge is 2.28. The number of carboxylic acids is 1. The number of rotatable bonds is 5. The highest BCUT2D eigenvalue weighted by molar-refractivity contribution is 5.69. The van der Waals surface area contributed by atoms with Gasteiger partial charge in [-0.25, -0.2) is 0 Å². The summed E-state index contributed by atoms with van der Waals surface area (Å²) >= 11 is 0. The maximum absolute atomic E-state index is 11.1. The number of nitrogens with zero attached hydrogens (tertiary/aromatic N) is 1. The summed E-state index contributed by atoms with van der Waals surface area (Å²) in [6.45, 7) is 2.07. The minimum atomic E-state index is -0.793. The van der Waals surface area contributed by atoms with E-state index < -0.39 is 5.97 Å². The van der Waals surface area contributed by atoms with Crippen LogP contribution in [-0.2, 0) is 4.79 Å². The Kier molecular flexibility index (Phi) is 4.43. The van der Waals surface area contributed by atoms with Crippen LogP contribution in [0.1, 0.15) is 44.2 Å².